The maximum Gasteiger partial charge on any atom is 0.240 e. The summed E-state index contributed by atoms with van der Waals surface area (Å²) in [4.78, 5) is 7.01. The van der Waals surface area contributed by atoms with Crippen LogP contribution in [0.2, 0.25) is 0 Å². The Morgan fingerprint density at radius 3 is 2.83 bits per heavy atom. The van der Waals surface area contributed by atoms with Gasteiger partial charge in [-0.25, -0.2) is 9.37 Å². The SMILES string of the molecule is Cc1c(-c2cnc(N)nn2)[nH]c2cc(F)ccc12. The van der Waals surface area contributed by atoms with Crippen LogP contribution in [0.1, 0.15) is 5.56 Å². The van der Waals surface area contributed by atoms with Crippen molar-refractivity contribution in [1.82, 2.24) is 20.2 Å². The highest BCUT2D eigenvalue weighted by Gasteiger charge is 2.11. The Hall–Kier alpha value is -2.50. The van der Waals surface area contributed by atoms with E-state index in [4.69, 9.17) is 5.73 Å². The molecule has 0 saturated carbocycles. The number of hydrogen-bond donors (Lipinski definition) is 2. The molecule has 6 heteroatoms. The van der Waals surface area contributed by atoms with Gasteiger partial charge in [-0.05, 0) is 30.7 Å². The van der Waals surface area contributed by atoms with Gasteiger partial charge in [0.05, 0.1) is 11.9 Å². The number of benzene rings is 1. The second-order valence-corrected chi connectivity index (χ2v) is 4.02. The molecule has 90 valence electrons. The van der Waals surface area contributed by atoms with E-state index in [0.717, 1.165) is 22.2 Å². The lowest BCUT2D eigenvalue weighted by Crippen LogP contribution is -1.98. The second kappa shape index (κ2) is 3.76. The van der Waals surface area contributed by atoms with Gasteiger partial charge >= 0.3 is 0 Å². The Balaban J connectivity index is 2.23. The van der Waals surface area contributed by atoms with Gasteiger partial charge in [-0.2, -0.15) is 0 Å². The van der Waals surface area contributed by atoms with Gasteiger partial charge in [0.25, 0.3) is 0 Å². The average Bonchev–Trinajstić information content (AvgIpc) is 2.67. The molecule has 3 aromatic rings. The smallest absolute Gasteiger partial charge is 0.240 e. The summed E-state index contributed by atoms with van der Waals surface area (Å²) in [7, 11) is 0. The van der Waals surface area contributed by atoms with E-state index in [1.807, 2.05) is 6.92 Å². The molecule has 0 aliphatic heterocycles. The quantitative estimate of drug-likeness (QED) is 0.685. The molecule has 0 aliphatic carbocycles. The summed E-state index contributed by atoms with van der Waals surface area (Å²) in [6, 6.07) is 4.61. The Kier molecular flexibility index (Phi) is 2.22. The van der Waals surface area contributed by atoms with Crippen LogP contribution < -0.4 is 5.73 Å². The number of aromatic nitrogens is 4. The fourth-order valence-electron chi connectivity index (χ4n) is 1.96. The first-order chi connectivity index (χ1) is 8.65. The lowest BCUT2D eigenvalue weighted by molar-refractivity contribution is 0.629. The van der Waals surface area contributed by atoms with Gasteiger partial charge in [-0.3, -0.25) is 0 Å². The third-order valence-electron chi connectivity index (χ3n) is 2.86. The van der Waals surface area contributed by atoms with Crippen molar-refractivity contribution in [3.63, 3.8) is 0 Å². The second-order valence-electron chi connectivity index (χ2n) is 4.02. The number of aryl methyl sites for hydroxylation is 1. The zero-order chi connectivity index (χ0) is 12.7. The van der Waals surface area contributed by atoms with E-state index in [9.17, 15) is 4.39 Å². The molecular weight excluding hydrogens is 233 g/mol. The Labute approximate surface area is 102 Å². The third-order valence-corrected chi connectivity index (χ3v) is 2.86. The highest BCUT2D eigenvalue weighted by Crippen LogP contribution is 2.28. The van der Waals surface area contributed by atoms with Crippen molar-refractivity contribution >= 4 is 16.9 Å². The van der Waals surface area contributed by atoms with E-state index in [2.05, 4.69) is 20.2 Å². The van der Waals surface area contributed by atoms with Gasteiger partial charge in [0, 0.05) is 10.9 Å². The Morgan fingerprint density at radius 1 is 1.28 bits per heavy atom. The van der Waals surface area contributed by atoms with E-state index >= 15 is 0 Å². The number of nitrogens with zero attached hydrogens (tertiary/aromatic N) is 3. The molecule has 0 radical (unpaired) electrons. The highest BCUT2D eigenvalue weighted by molar-refractivity contribution is 5.89. The molecule has 0 bridgehead atoms. The molecule has 0 atom stereocenters. The van der Waals surface area contributed by atoms with Gasteiger partial charge in [-0.15, -0.1) is 10.2 Å². The molecule has 5 nitrogen and oxygen atoms in total. The minimum absolute atomic E-state index is 0.124. The third kappa shape index (κ3) is 1.58. The number of halogens is 1. The van der Waals surface area contributed by atoms with E-state index < -0.39 is 0 Å². The maximum absolute atomic E-state index is 13.2. The summed E-state index contributed by atoms with van der Waals surface area (Å²) in [5, 5.41) is 8.62. The van der Waals surface area contributed by atoms with E-state index in [0.29, 0.717) is 5.69 Å². The van der Waals surface area contributed by atoms with Crippen molar-refractivity contribution in [3.8, 4) is 11.4 Å². The minimum atomic E-state index is -0.281. The van der Waals surface area contributed by atoms with Gasteiger partial charge in [-0.1, -0.05) is 0 Å². The number of anilines is 1. The molecule has 0 amide bonds. The van der Waals surface area contributed by atoms with Gasteiger partial charge in [0.15, 0.2) is 0 Å². The van der Waals surface area contributed by atoms with Crippen LogP contribution in [-0.2, 0) is 0 Å². The number of fused-ring (bicyclic) bond motifs is 1. The summed E-state index contributed by atoms with van der Waals surface area (Å²) in [5.41, 5.74) is 8.45. The van der Waals surface area contributed by atoms with Crippen LogP contribution in [0.4, 0.5) is 10.3 Å². The van der Waals surface area contributed by atoms with Crippen LogP contribution in [0.25, 0.3) is 22.3 Å². The largest absolute Gasteiger partial charge is 0.366 e. The van der Waals surface area contributed by atoms with E-state index in [-0.39, 0.29) is 11.8 Å². The lowest BCUT2D eigenvalue weighted by atomic mass is 10.1. The number of H-pyrrole nitrogens is 1. The molecule has 3 N–H and O–H groups in total. The molecule has 3 rings (SSSR count). The fourth-order valence-corrected chi connectivity index (χ4v) is 1.96. The number of hydrogen-bond acceptors (Lipinski definition) is 4. The predicted molar refractivity (Wildman–Crippen MR) is 66.2 cm³/mol. The molecular formula is C12H10FN5. The Bertz CT molecular complexity index is 717. The molecule has 0 fully saturated rings. The standard InChI is InChI=1S/C12H10FN5/c1-6-8-3-2-7(13)4-9(8)16-11(6)10-5-15-12(14)18-17-10/h2-5,16H,1H3,(H2,14,15,18). The monoisotopic (exact) mass is 243 g/mol. The fraction of sp³-hybridized carbons (Fsp3) is 0.0833. The van der Waals surface area contributed by atoms with Crippen molar-refractivity contribution in [2.75, 3.05) is 5.73 Å². The molecule has 18 heavy (non-hydrogen) atoms. The normalized spacial score (nSPS) is 11.0. The number of aromatic amines is 1. The summed E-state index contributed by atoms with van der Waals surface area (Å²) in [5.74, 6) is -0.157. The number of nitrogens with one attached hydrogen (secondary N) is 1. The zero-order valence-corrected chi connectivity index (χ0v) is 9.61. The maximum atomic E-state index is 13.2. The Morgan fingerprint density at radius 2 is 2.11 bits per heavy atom. The molecule has 2 heterocycles. The minimum Gasteiger partial charge on any atom is -0.366 e. The van der Waals surface area contributed by atoms with Crippen LogP contribution in [-0.4, -0.2) is 20.2 Å². The molecule has 0 spiro atoms. The molecule has 0 saturated heterocycles. The van der Waals surface area contributed by atoms with Crippen molar-refractivity contribution in [2.24, 2.45) is 0 Å². The number of nitrogens with two attached hydrogens (primary N) is 1. The molecule has 2 aromatic heterocycles. The molecule has 0 aliphatic rings. The van der Waals surface area contributed by atoms with Crippen molar-refractivity contribution in [3.05, 3.63) is 35.8 Å². The summed E-state index contributed by atoms with van der Waals surface area (Å²) in [6.45, 7) is 1.93. The van der Waals surface area contributed by atoms with E-state index in [1.165, 1.54) is 18.3 Å². The summed E-state index contributed by atoms with van der Waals surface area (Å²) >= 11 is 0. The van der Waals surface area contributed by atoms with Crippen LogP contribution >= 0.6 is 0 Å². The zero-order valence-electron chi connectivity index (χ0n) is 9.61. The number of nitrogen functional groups attached to an aromatic ring is 1. The lowest BCUT2D eigenvalue weighted by Gasteiger charge is -1.97. The first-order valence-electron chi connectivity index (χ1n) is 5.38. The van der Waals surface area contributed by atoms with Gasteiger partial charge < -0.3 is 10.7 Å². The van der Waals surface area contributed by atoms with Crippen LogP contribution in [0.15, 0.2) is 24.4 Å². The summed E-state index contributed by atoms with van der Waals surface area (Å²) in [6.07, 6.45) is 1.54. The highest BCUT2D eigenvalue weighted by atomic mass is 19.1. The molecule has 0 unspecified atom stereocenters. The topological polar surface area (TPSA) is 80.5 Å². The van der Waals surface area contributed by atoms with Crippen LogP contribution in [0, 0.1) is 12.7 Å². The number of rotatable bonds is 1. The van der Waals surface area contributed by atoms with Crippen LogP contribution in [0.5, 0.6) is 0 Å². The summed E-state index contributed by atoms with van der Waals surface area (Å²) < 4.78 is 13.2. The van der Waals surface area contributed by atoms with Crippen molar-refractivity contribution < 1.29 is 4.39 Å². The van der Waals surface area contributed by atoms with Gasteiger partial charge in [0.1, 0.15) is 11.5 Å². The van der Waals surface area contributed by atoms with Crippen molar-refractivity contribution in [2.45, 2.75) is 6.92 Å². The first kappa shape index (κ1) is 10.6. The predicted octanol–water partition coefficient (Wildman–Crippen LogP) is 2.05. The van der Waals surface area contributed by atoms with E-state index in [1.54, 1.807) is 6.07 Å². The molecule has 1 aromatic carbocycles. The van der Waals surface area contributed by atoms with Crippen molar-refractivity contribution in [1.29, 1.82) is 0 Å². The average molecular weight is 243 g/mol. The van der Waals surface area contributed by atoms with Crippen LogP contribution in [0.3, 0.4) is 0 Å². The van der Waals surface area contributed by atoms with Gasteiger partial charge in [0.2, 0.25) is 5.95 Å². The first-order valence-corrected chi connectivity index (χ1v) is 5.38.